The molecule has 1 aromatic carbocycles. The van der Waals surface area contributed by atoms with Crippen molar-refractivity contribution < 1.29 is 19.1 Å². The van der Waals surface area contributed by atoms with Crippen molar-refractivity contribution in [2.24, 2.45) is 0 Å². The number of benzene rings is 1. The van der Waals surface area contributed by atoms with E-state index in [9.17, 15) is 9.59 Å². The summed E-state index contributed by atoms with van der Waals surface area (Å²) in [4.78, 5) is 25.7. The third-order valence-corrected chi connectivity index (χ3v) is 3.49. The Labute approximate surface area is 124 Å². The van der Waals surface area contributed by atoms with Crippen LogP contribution in [0.15, 0.2) is 18.2 Å². The lowest BCUT2D eigenvalue weighted by Gasteiger charge is -2.22. The Hall–Kier alpha value is -1.72. The normalized spacial score (nSPS) is 14.2. The predicted molar refractivity (Wildman–Crippen MR) is 79.5 cm³/mol. The number of rotatable bonds is 7. The molecule has 0 aromatic heterocycles. The first kappa shape index (κ1) is 15.7. The number of nitrogens with zero attached hydrogens (tertiary/aromatic N) is 1. The molecule has 0 unspecified atom stereocenters. The number of hydrogen-bond donors (Lipinski definition) is 0. The second-order valence-corrected chi connectivity index (χ2v) is 4.89. The quantitative estimate of drug-likeness (QED) is 0.571. The highest BCUT2D eigenvalue weighted by Gasteiger charge is 2.36. The summed E-state index contributed by atoms with van der Waals surface area (Å²) < 4.78 is 11.0. The minimum atomic E-state index is -0.467. The van der Waals surface area contributed by atoms with Crippen LogP contribution in [0.3, 0.4) is 0 Å². The molecule has 1 aromatic rings. The Kier molecular flexibility index (Phi) is 5.09. The van der Waals surface area contributed by atoms with Crippen LogP contribution in [0.1, 0.15) is 36.2 Å². The van der Waals surface area contributed by atoms with Crippen LogP contribution in [0.2, 0.25) is 0 Å². The lowest BCUT2D eigenvalue weighted by atomic mass is 10.1. The molecule has 2 rings (SSSR count). The van der Waals surface area contributed by atoms with Gasteiger partial charge in [-0.15, -0.1) is 0 Å². The Balaban J connectivity index is 2.14. The Morgan fingerprint density at radius 1 is 1.14 bits per heavy atom. The molecule has 0 N–H and O–H groups in total. The maximum absolute atomic E-state index is 12.1. The van der Waals surface area contributed by atoms with Crippen molar-refractivity contribution in [3.8, 4) is 0 Å². The standard InChI is InChI=1S/C16H21NO4/c1-4-20-13(21-5-2)9-10-17-14-11(3)7-6-8-12(14)15(18)16(17)19/h6-8,13H,4-5,9-10H2,1-3H3. The van der Waals surface area contributed by atoms with Crippen LogP contribution in [-0.4, -0.2) is 37.7 Å². The first-order valence-electron chi connectivity index (χ1n) is 7.29. The molecule has 1 aliphatic rings. The molecule has 21 heavy (non-hydrogen) atoms. The molecule has 0 aliphatic carbocycles. The summed E-state index contributed by atoms with van der Waals surface area (Å²) in [6.45, 7) is 7.21. The third-order valence-electron chi connectivity index (χ3n) is 3.49. The first-order valence-corrected chi connectivity index (χ1v) is 7.29. The maximum atomic E-state index is 12.1. The highest BCUT2D eigenvalue weighted by atomic mass is 16.7. The molecule has 1 aliphatic heterocycles. The van der Waals surface area contributed by atoms with Crippen LogP contribution < -0.4 is 4.90 Å². The maximum Gasteiger partial charge on any atom is 0.299 e. The fourth-order valence-electron chi connectivity index (χ4n) is 2.57. The van der Waals surface area contributed by atoms with Gasteiger partial charge in [0.25, 0.3) is 11.7 Å². The molecule has 114 valence electrons. The number of ketones is 1. The summed E-state index contributed by atoms with van der Waals surface area (Å²) in [5.74, 6) is -0.899. The van der Waals surface area contributed by atoms with Gasteiger partial charge in [0, 0.05) is 26.2 Å². The summed E-state index contributed by atoms with van der Waals surface area (Å²) in [6.07, 6.45) is 0.185. The monoisotopic (exact) mass is 291 g/mol. The smallest absolute Gasteiger partial charge is 0.299 e. The van der Waals surface area contributed by atoms with Gasteiger partial charge in [0.05, 0.1) is 11.3 Å². The number of aryl methyl sites for hydroxylation is 1. The number of carbonyl (C=O) groups is 2. The van der Waals surface area contributed by atoms with Crippen LogP contribution in [-0.2, 0) is 14.3 Å². The van der Waals surface area contributed by atoms with E-state index in [0.29, 0.717) is 31.7 Å². The summed E-state index contributed by atoms with van der Waals surface area (Å²) in [5, 5.41) is 0. The van der Waals surface area contributed by atoms with Gasteiger partial charge in [-0.1, -0.05) is 12.1 Å². The molecule has 1 heterocycles. The van der Waals surface area contributed by atoms with E-state index in [1.54, 1.807) is 12.1 Å². The van der Waals surface area contributed by atoms with E-state index in [4.69, 9.17) is 9.47 Å². The van der Waals surface area contributed by atoms with Gasteiger partial charge in [-0.25, -0.2) is 0 Å². The molecule has 0 radical (unpaired) electrons. The highest BCUT2D eigenvalue weighted by molar-refractivity contribution is 6.52. The van der Waals surface area contributed by atoms with E-state index in [-0.39, 0.29) is 6.29 Å². The zero-order chi connectivity index (χ0) is 15.4. The van der Waals surface area contributed by atoms with E-state index < -0.39 is 11.7 Å². The van der Waals surface area contributed by atoms with Crippen molar-refractivity contribution in [2.45, 2.75) is 33.5 Å². The number of anilines is 1. The van der Waals surface area contributed by atoms with Gasteiger partial charge >= 0.3 is 0 Å². The van der Waals surface area contributed by atoms with Gasteiger partial charge in [-0.05, 0) is 32.4 Å². The molecule has 5 nitrogen and oxygen atoms in total. The number of ether oxygens (including phenoxy) is 2. The fourth-order valence-corrected chi connectivity index (χ4v) is 2.57. The highest BCUT2D eigenvalue weighted by Crippen LogP contribution is 2.32. The zero-order valence-corrected chi connectivity index (χ0v) is 12.7. The van der Waals surface area contributed by atoms with Gasteiger partial charge in [-0.3, -0.25) is 9.59 Å². The number of amides is 1. The molecule has 0 saturated carbocycles. The van der Waals surface area contributed by atoms with Gasteiger partial charge in [0.15, 0.2) is 6.29 Å². The van der Waals surface area contributed by atoms with Crippen molar-refractivity contribution in [1.29, 1.82) is 0 Å². The van der Waals surface area contributed by atoms with Gasteiger partial charge in [0.1, 0.15) is 0 Å². The zero-order valence-electron chi connectivity index (χ0n) is 12.7. The number of para-hydroxylation sites is 1. The van der Waals surface area contributed by atoms with Crippen LogP contribution >= 0.6 is 0 Å². The molecule has 0 saturated heterocycles. The van der Waals surface area contributed by atoms with Crippen molar-refractivity contribution in [2.75, 3.05) is 24.7 Å². The van der Waals surface area contributed by atoms with E-state index in [2.05, 4.69) is 0 Å². The second kappa shape index (κ2) is 6.83. The lowest BCUT2D eigenvalue weighted by Crippen LogP contribution is -2.34. The lowest BCUT2D eigenvalue weighted by molar-refractivity contribution is -0.138. The molecule has 0 fully saturated rings. The minimum Gasteiger partial charge on any atom is -0.353 e. The van der Waals surface area contributed by atoms with Crippen LogP contribution in [0.5, 0.6) is 0 Å². The molecular formula is C16H21NO4. The number of hydrogen-bond acceptors (Lipinski definition) is 4. The molecule has 1 amide bonds. The third kappa shape index (κ3) is 3.14. The number of Topliss-reactive ketones (excluding diaryl/α,β-unsaturated/α-hetero) is 1. The number of carbonyl (C=O) groups excluding carboxylic acids is 2. The van der Waals surface area contributed by atoms with E-state index in [0.717, 1.165) is 11.3 Å². The van der Waals surface area contributed by atoms with E-state index >= 15 is 0 Å². The average Bonchev–Trinajstić information content (AvgIpc) is 2.71. The van der Waals surface area contributed by atoms with Gasteiger partial charge in [0.2, 0.25) is 0 Å². The Morgan fingerprint density at radius 3 is 2.43 bits per heavy atom. The molecule has 0 spiro atoms. The molecular weight excluding hydrogens is 270 g/mol. The minimum absolute atomic E-state index is 0.351. The van der Waals surface area contributed by atoms with Crippen molar-refractivity contribution in [1.82, 2.24) is 0 Å². The van der Waals surface area contributed by atoms with E-state index in [1.807, 2.05) is 26.8 Å². The average molecular weight is 291 g/mol. The van der Waals surface area contributed by atoms with Crippen LogP contribution in [0.25, 0.3) is 0 Å². The van der Waals surface area contributed by atoms with Gasteiger partial charge in [-0.2, -0.15) is 0 Å². The van der Waals surface area contributed by atoms with Crippen LogP contribution in [0, 0.1) is 6.92 Å². The molecule has 0 bridgehead atoms. The Morgan fingerprint density at radius 2 is 1.81 bits per heavy atom. The second-order valence-electron chi connectivity index (χ2n) is 4.89. The Bertz CT molecular complexity index is 535. The van der Waals surface area contributed by atoms with E-state index in [1.165, 1.54) is 4.90 Å². The van der Waals surface area contributed by atoms with Crippen molar-refractivity contribution in [3.63, 3.8) is 0 Å². The molecule has 0 atom stereocenters. The summed E-state index contributed by atoms with van der Waals surface area (Å²) in [7, 11) is 0. The predicted octanol–water partition coefficient (Wildman–Crippen LogP) is 2.31. The summed E-state index contributed by atoms with van der Waals surface area (Å²) >= 11 is 0. The number of fused-ring (bicyclic) bond motifs is 1. The molecule has 5 heteroatoms. The summed E-state index contributed by atoms with van der Waals surface area (Å²) in [6, 6.07) is 5.40. The largest absolute Gasteiger partial charge is 0.353 e. The van der Waals surface area contributed by atoms with Crippen molar-refractivity contribution >= 4 is 17.4 Å². The first-order chi connectivity index (χ1) is 10.1. The topological polar surface area (TPSA) is 55.8 Å². The SMILES string of the molecule is CCOC(CCN1C(=O)C(=O)c2cccc(C)c21)OCC. The van der Waals surface area contributed by atoms with Gasteiger partial charge < -0.3 is 14.4 Å². The fraction of sp³-hybridized carbons (Fsp3) is 0.500. The van der Waals surface area contributed by atoms with Crippen LogP contribution in [0.4, 0.5) is 5.69 Å². The van der Waals surface area contributed by atoms with Crippen molar-refractivity contribution in [3.05, 3.63) is 29.3 Å². The summed E-state index contributed by atoms with van der Waals surface area (Å²) in [5.41, 5.74) is 2.14.